The number of carbonyl (C=O) groups excluding carboxylic acids is 1. The van der Waals surface area contributed by atoms with Gasteiger partial charge in [-0.15, -0.1) is 0 Å². The zero-order valence-electron chi connectivity index (χ0n) is 28.4. The minimum absolute atomic E-state index is 0.236. The molecule has 4 atom stereocenters. The number of rotatable bonds is 1. The predicted molar refractivity (Wildman–Crippen MR) is 86.1 cm³/mol. The van der Waals surface area contributed by atoms with E-state index in [4.69, 9.17) is 20.6 Å². The summed E-state index contributed by atoms with van der Waals surface area (Å²) in [5, 5.41) is 0. The Kier molecular flexibility index (Phi) is 1.01. The van der Waals surface area contributed by atoms with Crippen LogP contribution in [0.4, 0.5) is 0 Å². The van der Waals surface area contributed by atoms with Crippen molar-refractivity contribution in [1.82, 2.24) is 9.80 Å². The van der Waals surface area contributed by atoms with Crippen molar-refractivity contribution in [3.63, 3.8) is 0 Å². The third-order valence-electron chi connectivity index (χ3n) is 4.03. The van der Waals surface area contributed by atoms with E-state index in [1.807, 2.05) is 0 Å². The molecule has 4 heterocycles. The van der Waals surface area contributed by atoms with Crippen molar-refractivity contribution in [2.45, 2.75) is 43.8 Å². The van der Waals surface area contributed by atoms with Crippen LogP contribution < -0.4 is 0 Å². The molecule has 1 aromatic carbocycles. The van der Waals surface area contributed by atoms with Crippen LogP contribution in [-0.2, 0) is 6.37 Å². The van der Waals surface area contributed by atoms with E-state index < -0.39 is 98.4 Å². The summed E-state index contributed by atoms with van der Waals surface area (Å²) >= 11 is 0. The van der Waals surface area contributed by atoms with Gasteiger partial charge in [0.2, 0.25) is 0 Å². The Bertz CT molecular complexity index is 1310. The molecule has 116 valence electrons. The van der Waals surface area contributed by atoms with Gasteiger partial charge >= 0.3 is 0 Å². The Morgan fingerprint density at radius 3 is 3.18 bits per heavy atom. The lowest BCUT2D eigenvalue weighted by atomic mass is 9.75. The van der Waals surface area contributed by atoms with Crippen LogP contribution in [0.2, 0.25) is 0 Å². The fraction of sp³-hybridized carbons (Fsp3) is 0.632. The van der Waals surface area contributed by atoms with Gasteiger partial charge in [-0.25, -0.2) is 0 Å². The van der Waals surface area contributed by atoms with Crippen LogP contribution in [0, 0.1) is 5.89 Å². The Hall–Kier alpha value is -1.35. The largest absolute Gasteiger partial charge is 0.333 e. The lowest BCUT2D eigenvalue weighted by Crippen LogP contribution is -2.60. The minimum Gasteiger partial charge on any atom is -0.333 e. The number of aryl methyl sites for hydroxylation is 1. The topological polar surface area (TPSA) is 23.6 Å². The first-order valence-electron chi connectivity index (χ1n) is 15.5. The van der Waals surface area contributed by atoms with E-state index in [0.717, 1.165) is 18.2 Å². The van der Waals surface area contributed by atoms with E-state index in [0.29, 0.717) is 0 Å². The lowest BCUT2D eigenvalue weighted by molar-refractivity contribution is 0.00258. The van der Waals surface area contributed by atoms with Crippen LogP contribution in [0.1, 0.15) is 76.2 Å². The van der Waals surface area contributed by atoms with Crippen LogP contribution in [0.15, 0.2) is 18.2 Å². The molecule has 0 spiro atoms. The van der Waals surface area contributed by atoms with Gasteiger partial charge in [0.25, 0.3) is 5.91 Å². The quantitative estimate of drug-likeness (QED) is 0.796. The molecule has 1 unspecified atom stereocenters. The van der Waals surface area contributed by atoms with Crippen molar-refractivity contribution in [3.8, 4) is 0 Å². The highest BCUT2D eigenvalue weighted by molar-refractivity contribution is 5.97. The standard InChI is InChI=1S/C19H24N2O/c22-19-16-6-2-4-14-3-1-5-15(18(14)16)11-21(19)17-12-20-9-7-13(17)8-10-20/h2,4,6,13,15,17H,1,3,5,7-12H2/t15-,17-/m1/s1/i1D2,3D2,5D2,7D2,9D2,11D2,12D2,13D,15D,17D/t13-,15+,17+/m0. The molecule has 3 fully saturated rings. The van der Waals surface area contributed by atoms with Gasteiger partial charge in [0.1, 0.15) is 0 Å². The molecule has 3 heteroatoms. The van der Waals surface area contributed by atoms with E-state index >= 15 is 0 Å². The molecule has 6 rings (SSSR count). The first-order chi connectivity index (χ1) is 17.2. The number of hydrogen-bond acceptors (Lipinski definition) is 2. The summed E-state index contributed by atoms with van der Waals surface area (Å²) in [5.74, 6) is -8.32. The van der Waals surface area contributed by atoms with Crippen LogP contribution >= 0.6 is 0 Å². The maximum Gasteiger partial charge on any atom is 0.254 e. The molecule has 0 aromatic heterocycles. The normalized spacial score (nSPS) is 73.8. The van der Waals surface area contributed by atoms with Gasteiger partial charge in [-0.3, -0.25) is 4.79 Å². The molecule has 0 radical (unpaired) electrons. The highest BCUT2D eigenvalue weighted by atomic mass is 16.2. The summed E-state index contributed by atoms with van der Waals surface area (Å²) in [4.78, 5) is 14.1. The summed E-state index contributed by atoms with van der Waals surface area (Å²) in [6, 6.07) is -0.618. The Labute approximate surface area is 156 Å². The summed E-state index contributed by atoms with van der Waals surface area (Å²) in [5.41, 5.74) is -2.24. The van der Waals surface area contributed by atoms with Crippen LogP contribution in [0.3, 0.4) is 0 Å². The van der Waals surface area contributed by atoms with Gasteiger partial charge in [-0.1, -0.05) is 12.1 Å². The fourth-order valence-corrected chi connectivity index (χ4v) is 2.97. The van der Waals surface area contributed by atoms with Gasteiger partial charge in [0, 0.05) is 49.7 Å². The monoisotopic (exact) mass is 313 g/mol. The zero-order chi connectivity index (χ0) is 30.0. The van der Waals surface area contributed by atoms with E-state index in [1.165, 1.54) is 0 Å². The Balaban J connectivity index is 1.92. The lowest BCUT2D eigenvalue weighted by Gasteiger charge is -2.51. The van der Waals surface area contributed by atoms with Gasteiger partial charge in [-0.05, 0) is 68.0 Å². The van der Waals surface area contributed by atoms with Gasteiger partial charge in [0.15, 0.2) is 0 Å². The molecular formula is C19H24N2O. The number of hydrogen-bond donors (Lipinski definition) is 0. The highest BCUT2D eigenvalue weighted by Crippen LogP contribution is 2.41. The first-order valence-corrected chi connectivity index (χ1v) is 6.99. The van der Waals surface area contributed by atoms with Crippen LogP contribution in [-0.4, -0.2) is 47.8 Å². The second kappa shape index (κ2) is 4.82. The average molecular weight is 314 g/mol. The Morgan fingerprint density at radius 1 is 1.27 bits per heavy atom. The predicted octanol–water partition coefficient (Wildman–Crippen LogP) is 2.66. The Morgan fingerprint density at radius 2 is 2.23 bits per heavy atom. The van der Waals surface area contributed by atoms with Crippen molar-refractivity contribution in [1.29, 1.82) is 0 Å². The van der Waals surface area contributed by atoms with Crippen LogP contribution in [0.5, 0.6) is 0 Å². The molecule has 5 aliphatic rings. The summed E-state index contributed by atoms with van der Waals surface area (Å²) in [7, 11) is 0. The molecular weight excluding hydrogens is 272 g/mol. The number of nitrogens with zero attached hydrogens (tertiary/aromatic N) is 2. The van der Waals surface area contributed by atoms with E-state index in [1.54, 1.807) is 0 Å². The molecule has 0 N–H and O–H groups in total. The van der Waals surface area contributed by atoms with Gasteiger partial charge in [-0.2, -0.15) is 0 Å². The van der Waals surface area contributed by atoms with Gasteiger partial charge < -0.3 is 9.80 Å². The maximum atomic E-state index is 14.0. The SMILES string of the molecule is [2H]C1([2H])c2cccc3c2[C@@]([2H])(C([2H])([2H])N([C@]2([2H])C([2H])([2H])N4CC[C@]2([2H])C([2H])([2H])C4([2H])[2H])C3=O)C([2H])([2H])C1([2H])[2H]. The van der Waals surface area contributed by atoms with Crippen LogP contribution in [0.25, 0.3) is 0 Å². The number of carbonyl (C=O) groups is 1. The molecule has 3 saturated heterocycles. The maximum absolute atomic E-state index is 14.0. The van der Waals surface area contributed by atoms with Crippen molar-refractivity contribution in [3.05, 3.63) is 34.9 Å². The van der Waals surface area contributed by atoms with E-state index in [-0.39, 0.29) is 9.80 Å². The molecule has 22 heavy (non-hydrogen) atoms. The fourth-order valence-electron chi connectivity index (χ4n) is 2.97. The molecule has 1 aromatic rings. The molecule has 2 bridgehead atoms. The molecule has 3 nitrogen and oxygen atoms in total. The van der Waals surface area contributed by atoms with Crippen molar-refractivity contribution < 1.29 is 28.1 Å². The highest BCUT2D eigenvalue weighted by Gasteiger charge is 2.43. The molecule has 1 amide bonds. The minimum atomic E-state index is -3.88. The zero-order valence-corrected chi connectivity index (χ0v) is 11.4. The van der Waals surface area contributed by atoms with Crippen molar-refractivity contribution in [2.75, 3.05) is 26.0 Å². The third kappa shape index (κ3) is 1.81. The second-order valence-electron chi connectivity index (χ2n) is 5.31. The molecule has 1 aliphatic carbocycles. The summed E-state index contributed by atoms with van der Waals surface area (Å²) < 4.78 is 147. The number of piperidine rings is 3. The van der Waals surface area contributed by atoms with Gasteiger partial charge in [0.05, 0.1) is 4.11 Å². The van der Waals surface area contributed by atoms with Crippen molar-refractivity contribution >= 4 is 5.91 Å². The summed E-state index contributed by atoms with van der Waals surface area (Å²) in [6.45, 7) is -11.1. The van der Waals surface area contributed by atoms with E-state index in [2.05, 4.69) is 0 Å². The van der Waals surface area contributed by atoms with E-state index in [9.17, 15) is 7.54 Å². The van der Waals surface area contributed by atoms with Crippen molar-refractivity contribution in [2.24, 2.45) is 5.89 Å². The first kappa shape index (κ1) is 4.60. The number of fused-ring (bicyclic) bond motifs is 3. The molecule has 4 aliphatic heterocycles. The second-order valence-corrected chi connectivity index (χ2v) is 5.31. The third-order valence-corrected chi connectivity index (χ3v) is 4.03. The average Bonchev–Trinajstić information content (AvgIpc) is 2.78. The number of benzene rings is 1. The number of amides is 1. The molecule has 0 saturated carbocycles. The summed E-state index contributed by atoms with van der Waals surface area (Å²) in [6.07, 6.45) is -14.7. The smallest absolute Gasteiger partial charge is 0.254 e.